The van der Waals surface area contributed by atoms with E-state index in [4.69, 9.17) is 10.3 Å². The van der Waals surface area contributed by atoms with Gasteiger partial charge in [-0.05, 0) is 29.5 Å². The average molecular weight is 332 g/mol. The summed E-state index contributed by atoms with van der Waals surface area (Å²) in [6, 6.07) is 14.1. The fourth-order valence-electron chi connectivity index (χ4n) is 1.45. The van der Waals surface area contributed by atoms with Crippen molar-refractivity contribution >= 4 is 37.9 Å². The highest BCUT2D eigenvalue weighted by Crippen LogP contribution is 2.19. The van der Waals surface area contributed by atoms with Crippen molar-refractivity contribution < 1.29 is 25.9 Å². The molecule has 0 spiro atoms. The largest absolute Gasteiger partial charge is 0.770 e. The Labute approximate surface area is 125 Å². The summed E-state index contributed by atoms with van der Waals surface area (Å²) in [5.74, 6) is 0. The Hall–Kier alpha value is -1.52. The summed E-state index contributed by atoms with van der Waals surface area (Å²) in [6.07, 6.45) is 0. The lowest BCUT2D eigenvalue weighted by Gasteiger charge is -2.11. The average Bonchev–Trinajstić information content (AvgIpc) is 2.38. The first-order valence-corrected chi connectivity index (χ1v) is 8.18. The number of anilines is 1. The summed E-state index contributed by atoms with van der Waals surface area (Å²) in [6.45, 7) is 0.969. The first-order valence-electron chi connectivity index (χ1n) is 5.67. The summed E-state index contributed by atoms with van der Waals surface area (Å²) in [4.78, 5) is 0. The third-order valence-corrected chi connectivity index (χ3v) is 3.64. The van der Waals surface area contributed by atoms with Gasteiger partial charge in [0.1, 0.15) is 5.44 Å². The molecule has 21 heavy (non-hydrogen) atoms. The van der Waals surface area contributed by atoms with Crippen molar-refractivity contribution in [3.8, 4) is 0 Å². The van der Waals surface area contributed by atoms with Crippen LogP contribution in [0, 0.1) is 0 Å². The molecule has 0 heterocycles. The number of hydrogen-bond donors (Lipinski definition) is 2. The van der Waals surface area contributed by atoms with Gasteiger partial charge < -0.3 is 10.3 Å². The maximum Gasteiger partial charge on any atom is 0.398 e. The number of nitrogens with two attached hydrogens (primary N) is 1. The van der Waals surface area contributed by atoms with E-state index in [0.717, 1.165) is 18.0 Å². The van der Waals surface area contributed by atoms with Crippen LogP contribution in [-0.2, 0) is 25.7 Å². The van der Waals surface area contributed by atoms with Crippen molar-refractivity contribution in [2.24, 2.45) is 0 Å². The van der Waals surface area contributed by atoms with Gasteiger partial charge in [-0.1, -0.05) is 36.4 Å². The minimum absolute atomic E-state index is 0.850. The van der Waals surface area contributed by atoms with E-state index in [1.165, 1.54) is 5.39 Å². The number of hydrogen-bond acceptors (Lipinski definition) is 6. The van der Waals surface area contributed by atoms with Crippen molar-refractivity contribution in [1.29, 1.82) is 0 Å². The Morgan fingerprint density at radius 3 is 2.29 bits per heavy atom. The minimum Gasteiger partial charge on any atom is -0.770 e. The molecule has 0 aliphatic rings. The summed E-state index contributed by atoms with van der Waals surface area (Å²) < 4.78 is 50.9. The van der Waals surface area contributed by atoms with Crippen LogP contribution in [0.3, 0.4) is 0 Å². The molecule has 2 atom stereocenters. The SMILES string of the molecule is CC(OS(=O)(=O)O)S(=O)[O-].Nc1cccc2ccccc12. The van der Waals surface area contributed by atoms with Gasteiger partial charge in [0.25, 0.3) is 0 Å². The quantitative estimate of drug-likeness (QED) is 0.494. The molecule has 0 amide bonds. The molecule has 2 rings (SSSR count). The lowest BCUT2D eigenvalue weighted by atomic mass is 10.1. The van der Waals surface area contributed by atoms with Crippen LogP contribution >= 0.6 is 0 Å². The van der Waals surface area contributed by atoms with Crippen molar-refractivity contribution in [2.45, 2.75) is 12.4 Å². The summed E-state index contributed by atoms with van der Waals surface area (Å²) in [5.41, 5.74) is 5.05. The van der Waals surface area contributed by atoms with Crippen LogP contribution in [-0.4, -0.2) is 27.2 Å². The molecule has 0 fully saturated rings. The van der Waals surface area contributed by atoms with E-state index >= 15 is 0 Å². The second-order valence-corrected chi connectivity index (χ2v) is 6.15. The van der Waals surface area contributed by atoms with Crippen LogP contribution in [0.1, 0.15) is 6.92 Å². The van der Waals surface area contributed by atoms with Crippen LogP contribution in [0.2, 0.25) is 0 Å². The predicted octanol–water partition coefficient (Wildman–Crippen LogP) is 1.45. The zero-order valence-electron chi connectivity index (χ0n) is 11.0. The molecule has 3 N–H and O–H groups in total. The molecule has 0 bridgehead atoms. The molecule has 0 saturated heterocycles. The summed E-state index contributed by atoms with van der Waals surface area (Å²) >= 11 is -2.67. The Kier molecular flexibility index (Phi) is 6.24. The maximum atomic E-state index is 9.88. The lowest BCUT2D eigenvalue weighted by molar-refractivity contribution is 0.248. The predicted molar refractivity (Wildman–Crippen MR) is 79.4 cm³/mol. The van der Waals surface area contributed by atoms with Crippen molar-refractivity contribution in [2.75, 3.05) is 5.73 Å². The third-order valence-electron chi connectivity index (χ3n) is 2.35. The topological polar surface area (TPSA) is 130 Å². The van der Waals surface area contributed by atoms with E-state index < -0.39 is 26.9 Å². The molecule has 7 nitrogen and oxygen atoms in total. The highest BCUT2D eigenvalue weighted by Gasteiger charge is 2.11. The number of nitrogen functional groups attached to an aromatic ring is 1. The zero-order chi connectivity index (χ0) is 16.0. The molecule has 0 aromatic heterocycles. The molecular weight excluding hydrogens is 318 g/mol. The van der Waals surface area contributed by atoms with Crippen LogP contribution < -0.4 is 5.73 Å². The van der Waals surface area contributed by atoms with Gasteiger partial charge in [0, 0.05) is 11.1 Å². The molecular formula is C12H14NO6S2-. The Morgan fingerprint density at radius 1 is 1.24 bits per heavy atom. The second-order valence-electron chi connectivity index (χ2n) is 3.92. The van der Waals surface area contributed by atoms with Crippen molar-refractivity contribution in [3.63, 3.8) is 0 Å². The van der Waals surface area contributed by atoms with Crippen LogP contribution in [0.25, 0.3) is 10.8 Å². The number of fused-ring (bicyclic) bond motifs is 1. The molecule has 2 aromatic rings. The summed E-state index contributed by atoms with van der Waals surface area (Å²) in [5, 5.41) is 2.34. The molecule has 116 valence electrons. The van der Waals surface area contributed by atoms with E-state index in [9.17, 15) is 17.2 Å². The summed E-state index contributed by atoms with van der Waals surface area (Å²) in [7, 11) is -4.66. The van der Waals surface area contributed by atoms with Gasteiger partial charge in [0.2, 0.25) is 0 Å². The van der Waals surface area contributed by atoms with Gasteiger partial charge in [-0.3, -0.25) is 8.76 Å². The van der Waals surface area contributed by atoms with Gasteiger partial charge in [-0.25, -0.2) is 4.18 Å². The molecule has 0 saturated carbocycles. The molecule has 0 aliphatic heterocycles. The molecule has 2 unspecified atom stereocenters. The van der Waals surface area contributed by atoms with E-state index in [0.29, 0.717) is 0 Å². The third kappa shape index (κ3) is 6.19. The number of benzene rings is 2. The Balaban J connectivity index is 0.000000212. The van der Waals surface area contributed by atoms with Crippen LogP contribution in [0.15, 0.2) is 42.5 Å². The highest BCUT2D eigenvalue weighted by atomic mass is 32.3. The van der Waals surface area contributed by atoms with Gasteiger partial charge in [-0.2, -0.15) is 8.42 Å². The molecule has 0 radical (unpaired) electrons. The van der Waals surface area contributed by atoms with Crippen molar-refractivity contribution in [3.05, 3.63) is 42.5 Å². The minimum atomic E-state index is -4.66. The molecule has 9 heteroatoms. The van der Waals surface area contributed by atoms with E-state index in [2.05, 4.69) is 16.3 Å². The highest BCUT2D eigenvalue weighted by molar-refractivity contribution is 7.83. The zero-order valence-corrected chi connectivity index (χ0v) is 12.6. The Bertz CT molecular complexity index is 726. The lowest BCUT2D eigenvalue weighted by Crippen LogP contribution is -2.18. The second kappa shape index (κ2) is 7.48. The first-order chi connectivity index (χ1) is 9.70. The standard InChI is InChI=1S/C10H9N.C2H6O6S2/c11-10-7-3-5-8-4-1-2-6-9(8)10;1-2(9(3)4)8-10(5,6)7/h1-7H,11H2;2H,1H3,(H,3,4)(H,5,6,7)/p-1. The van der Waals surface area contributed by atoms with E-state index in [1.807, 2.05) is 30.3 Å². The van der Waals surface area contributed by atoms with Crippen LogP contribution in [0.5, 0.6) is 0 Å². The van der Waals surface area contributed by atoms with Gasteiger partial charge in [0.15, 0.2) is 0 Å². The fourth-order valence-corrected chi connectivity index (χ4v) is 2.35. The number of rotatable bonds is 3. The Morgan fingerprint density at radius 2 is 1.81 bits per heavy atom. The molecule has 0 aliphatic carbocycles. The fraction of sp³-hybridized carbons (Fsp3) is 0.167. The van der Waals surface area contributed by atoms with E-state index in [-0.39, 0.29) is 0 Å². The van der Waals surface area contributed by atoms with Gasteiger partial charge >= 0.3 is 10.4 Å². The first kappa shape index (κ1) is 17.5. The monoisotopic (exact) mass is 332 g/mol. The smallest absolute Gasteiger partial charge is 0.398 e. The normalized spacial score (nSPS) is 14.0. The van der Waals surface area contributed by atoms with Crippen LogP contribution in [0.4, 0.5) is 5.69 Å². The van der Waals surface area contributed by atoms with Crippen molar-refractivity contribution in [1.82, 2.24) is 0 Å². The molecule has 2 aromatic carbocycles. The van der Waals surface area contributed by atoms with E-state index in [1.54, 1.807) is 0 Å². The van der Waals surface area contributed by atoms with Gasteiger partial charge in [-0.15, -0.1) is 0 Å². The van der Waals surface area contributed by atoms with Gasteiger partial charge in [0.05, 0.1) is 0 Å². The maximum absolute atomic E-state index is 9.88.